The van der Waals surface area contributed by atoms with Crippen LogP contribution in [0.4, 0.5) is 5.95 Å². The summed E-state index contributed by atoms with van der Waals surface area (Å²) in [6.07, 6.45) is 3.36. The Morgan fingerprint density at radius 2 is 2.00 bits per heavy atom. The van der Waals surface area contributed by atoms with Crippen LogP contribution in [-0.4, -0.2) is 52.5 Å². The first-order valence-corrected chi connectivity index (χ1v) is 12.9. The molecule has 37 heavy (non-hydrogen) atoms. The molecule has 2 amide bonds. The first-order chi connectivity index (χ1) is 17.9. The van der Waals surface area contributed by atoms with Crippen LogP contribution in [0.3, 0.4) is 0 Å². The van der Waals surface area contributed by atoms with Gasteiger partial charge in [-0.05, 0) is 49.4 Å². The predicted molar refractivity (Wildman–Crippen MR) is 142 cm³/mol. The van der Waals surface area contributed by atoms with Crippen LogP contribution in [-0.2, 0) is 16.1 Å². The zero-order valence-corrected chi connectivity index (χ0v) is 21.7. The molecule has 1 aromatic heterocycles. The molecule has 2 aromatic carbocycles. The molecule has 2 aliphatic rings. The van der Waals surface area contributed by atoms with Gasteiger partial charge in [-0.25, -0.2) is 9.97 Å². The summed E-state index contributed by atoms with van der Waals surface area (Å²) in [4.78, 5) is 36.5. The maximum atomic E-state index is 13.2. The lowest BCUT2D eigenvalue weighted by atomic mass is 10.0. The van der Waals surface area contributed by atoms with Gasteiger partial charge in [-0.1, -0.05) is 48.0 Å². The van der Waals surface area contributed by atoms with Crippen LogP contribution in [0.1, 0.15) is 52.9 Å². The van der Waals surface area contributed by atoms with E-state index in [1.807, 2.05) is 50.2 Å². The lowest BCUT2D eigenvalue weighted by Crippen LogP contribution is -2.38. The normalized spacial score (nSPS) is 16.4. The van der Waals surface area contributed by atoms with Crippen molar-refractivity contribution < 1.29 is 14.3 Å². The largest absolute Gasteiger partial charge is 0.381 e. The van der Waals surface area contributed by atoms with Gasteiger partial charge in [0.15, 0.2) is 0 Å². The van der Waals surface area contributed by atoms with E-state index in [-0.39, 0.29) is 30.4 Å². The lowest BCUT2D eigenvalue weighted by Gasteiger charge is -2.23. The minimum atomic E-state index is -0.195. The average molecular weight is 520 g/mol. The molecule has 3 aromatic rings. The number of aryl methyl sites for hydroxylation is 1. The zero-order chi connectivity index (χ0) is 25.9. The second kappa shape index (κ2) is 10.9. The third-order valence-corrected chi connectivity index (χ3v) is 7.20. The van der Waals surface area contributed by atoms with Crippen molar-refractivity contribution in [3.8, 4) is 11.3 Å². The van der Waals surface area contributed by atoms with Crippen LogP contribution >= 0.6 is 11.6 Å². The predicted octanol–water partition coefficient (Wildman–Crippen LogP) is 4.53. The molecular weight excluding hydrogens is 490 g/mol. The number of nitrogens with zero attached hydrogens (tertiary/aromatic N) is 3. The van der Waals surface area contributed by atoms with Crippen molar-refractivity contribution >= 4 is 29.4 Å². The van der Waals surface area contributed by atoms with Gasteiger partial charge in [-0.2, -0.15) is 0 Å². The van der Waals surface area contributed by atoms with Gasteiger partial charge >= 0.3 is 0 Å². The third-order valence-electron chi connectivity index (χ3n) is 6.93. The summed E-state index contributed by atoms with van der Waals surface area (Å²) >= 11 is 6.45. The van der Waals surface area contributed by atoms with Crippen molar-refractivity contribution in [2.45, 2.75) is 45.3 Å². The molecule has 9 heteroatoms. The Hall–Kier alpha value is -3.49. The number of hydrogen-bond acceptors (Lipinski definition) is 6. The van der Waals surface area contributed by atoms with E-state index in [1.54, 1.807) is 17.2 Å². The third kappa shape index (κ3) is 5.60. The molecule has 0 aliphatic carbocycles. The number of anilines is 1. The van der Waals surface area contributed by atoms with Crippen LogP contribution in [0.15, 0.2) is 48.7 Å². The van der Waals surface area contributed by atoms with Gasteiger partial charge in [0.25, 0.3) is 5.91 Å². The molecule has 0 bridgehead atoms. The molecule has 2 N–H and O–H groups in total. The van der Waals surface area contributed by atoms with E-state index in [0.717, 1.165) is 35.1 Å². The van der Waals surface area contributed by atoms with Gasteiger partial charge in [-0.15, -0.1) is 0 Å². The summed E-state index contributed by atoms with van der Waals surface area (Å²) in [6, 6.07) is 13.7. The van der Waals surface area contributed by atoms with Crippen LogP contribution in [0.5, 0.6) is 0 Å². The fraction of sp³-hybridized carbons (Fsp3) is 0.357. The van der Waals surface area contributed by atoms with E-state index in [9.17, 15) is 9.59 Å². The summed E-state index contributed by atoms with van der Waals surface area (Å²) in [5.41, 5.74) is 4.90. The molecule has 192 valence electrons. The monoisotopic (exact) mass is 519 g/mol. The van der Waals surface area contributed by atoms with E-state index in [4.69, 9.17) is 16.3 Å². The van der Waals surface area contributed by atoms with Crippen molar-refractivity contribution in [2.75, 3.05) is 25.1 Å². The number of nitrogens with one attached hydrogen (secondary N) is 2. The lowest BCUT2D eigenvalue weighted by molar-refractivity contribution is -0.122. The minimum Gasteiger partial charge on any atom is -0.381 e. The number of ether oxygens (including phenoxy) is 1. The number of amides is 2. The van der Waals surface area contributed by atoms with Crippen LogP contribution in [0.2, 0.25) is 5.02 Å². The molecule has 1 atom stereocenters. The topological polar surface area (TPSA) is 96.5 Å². The Labute approximate surface area is 221 Å². The molecule has 1 fully saturated rings. The molecule has 3 heterocycles. The van der Waals surface area contributed by atoms with E-state index in [1.165, 1.54) is 0 Å². The standard InChI is InChI=1S/C28H30ClN5O3/c1-17-5-3-4-6-22(17)18(2)31-25(35)16-34-15-20-8-7-19(13-23(20)27(34)36)26-24(29)14-30-28(33-26)32-21-9-11-37-12-10-21/h3-8,13-14,18,21H,9-12,15-16H2,1-2H3,(H,31,35)(H,30,32,33)/t18-/m1/s1. The summed E-state index contributed by atoms with van der Waals surface area (Å²) < 4.78 is 5.42. The highest BCUT2D eigenvalue weighted by atomic mass is 35.5. The second-order valence-electron chi connectivity index (χ2n) is 9.60. The molecule has 0 saturated carbocycles. The van der Waals surface area contributed by atoms with Gasteiger partial charge in [0.2, 0.25) is 11.9 Å². The number of carbonyl (C=O) groups excluding carboxylic acids is 2. The zero-order valence-electron chi connectivity index (χ0n) is 21.0. The molecule has 0 radical (unpaired) electrons. The first kappa shape index (κ1) is 25.2. The fourth-order valence-electron chi connectivity index (χ4n) is 4.91. The van der Waals surface area contributed by atoms with E-state index >= 15 is 0 Å². The van der Waals surface area contributed by atoms with E-state index < -0.39 is 0 Å². The molecular formula is C28H30ClN5O3. The van der Waals surface area contributed by atoms with E-state index in [2.05, 4.69) is 20.6 Å². The fourth-order valence-corrected chi connectivity index (χ4v) is 5.11. The Morgan fingerprint density at radius 1 is 1.22 bits per heavy atom. The first-order valence-electron chi connectivity index (χ1n) is 12.5. The highest BCUT2D eigenvalue weighted by Crippen LogP contribution is 2.31. The van der Waals surface area contributed by atoms with Gasteiger partial charge in [0.05, 0.1) is 23.0 Å². The van der Waals surface area contributed by atoms with E-state index in [0.29, 0.717) is 42.0 Å². The van der Waals surface area contributed by atoms with Gasteiger partial charge in [0.1, 0.15) is 6.54 Å². The number of rotatable bonds is 7. The second-order valence-corrected chi connectivity index (χ2v) is 10.0. The molecule has 0 unspecified atom stereocenters. The maximum absolute atomic E-state index is 13.2. The SMILES string of the molecule is Cc1ccccc1[C@@H](C)NC(=O)CN1Cc2ccc(-c3nc(NC4CCOCC4)ncc3Cl)cc2C1=O. The Balaban J connectivity index is 1.27. The molecule has 2 aliphatic heterocycles. The minimum absolute atomic E-state index is 0.00744. The average Bonchev–Trinajstić information content (AvgIpc) is 3.20. The van der Waals surface area contributed by atoms with Crippen molar-refractivity contribution in [2.24, 2.45) is 0 Å². The maximum Gasteiger partial charge on any atom is 0.254 e. The van der Waals surface area contributed by atoms with Crippen LogP contribution in [0.25, 0.3) is 11.3 Å². The number of benzene rings is 2. The number of halogens is 1. The molecule has 8 nitrogen and oxygen atoms in total. The number of hydrogen-bond donors (Lipinski definition) is 2. The number of carbonyl (C=O) groups is 2. The molecule has 0 spiro atoms. The quantitative estimate of drug-likeness (QED) is 0.476. The van der Waals surface area contributed by atoms with Gasteiger partial charge in [-0.3, -0.25) is 9.59 Å². The summed E-state index contributed by atoms with van der Waals surface area (Å²) in [7, 11) is 0. The highest BCUT2D eigenvalue weighted by molar-refractivity contribution is 6.33. The summed E-state index contributed by atoms with van der Waals surface area (Å²) in [5, 5.41) is 6.78. The van der Waals surface area contributed by atoms with Crippen molar-refractivity contribution in [1.82, 2.24) is 20.2 Å². The smallest absolute Gasteiger partial charge is 0.254 e. The molecule has 5 rings (SSSR count). The van der Waals surface area contributed by atoms with Crippen molar-refractivity contribution in [1.29, 1.82) is 0 Å². The molecule has 1 saturated heterocycles. The van der Waals surface area contributed by atoms with Crippen molar-refractivity contribution in [3.63, 3.8) is 0 Å². The number of aromatic nitrogens is 2. The highest BCUT2D eigenvalue weighted by Gasteiger charge is 2.30. The summed E-state index contributed by atoms with van der Waals surface area (Å²) in [6.45, 7) is 5.77. The Morgan fingerprint density at radius 3 is 2.78 bits per heavy atom. The van der Waals surface area contributed by atoms with Crippen molar-refractivity contribution in [3.05, 3.63) is 75.9 Å². The Kier molecular flexibility index (Phi) is 7.39. The van der Waals surface area contributed by atoms with Crippen LogP contribution < -0.4 is 10.6 Å². The Bertz CT molecular complexity index is 1320. The summed E-state index contributed by atoms with van der Waals surface area (Å²) in [5.74, 6) is 0.125. The number of fused-ring (bicyclic) bond motifs is 1. The van der Waals surface area contributed by atoms with Gasteiger partial charge in [0, 0.05) is 36.9 Å². The van der Waals surface area contributed by atoms with Crippen LogP contribution in [0, 0.1) is 6.92 Å². The van der Waals surface area contributed by atoms with Gasteiger partial charge < -0.3 is 20.3 Å².